The second-order valence-electron chi connectivity index (χ2n) is 8.15. The number of ether oxygens (including phenoxy) is 2. The Morgan fingerprint density at radius 1 is 0.692 bits per heavy atom. The molecule has 0 radical (unpaired) electrons. The zero-order chi connectivity index (χ0) is 29.5. The molecule has 4 nitrogen and oxygen atoms in total. The van der Waals surface area contributed by atoms with E-state index in [0.29, 0.717) is 11.5 Å². The number of hydrogen-bond acceptors (Lipinski definition) is 8. The number of alkyl halides is 6. The number of carbonyl (C=O) groups excluding carboxylic acids is 2. The zero-order valence-corrected chi connectivity index (χ0v) is 25.1. The van der Waals surface area contributed by atoms with Gasteiger partial charge in [-0.25, -0.2) is 9.59 Å². The second kappa shape index (κ2) is 11.7. The van der Waals surface area contributed by atoms with Crippen molar-refractivity contribution < 1.29 is 45.4 Å². The number of hydrogen-bond donors (Lipinski definition) is 0. The highest BCUT2D eigenvalue weighted by Crippen LogP contribution is 2.67. The summed E-state index contributed by atoms with van der Waals surface area (Å²) in [6.07, 6.45) is -0.0212. The van der Waals surface area contributed by atoms with Crippen LogP contribution in [0.2, 0.25) is 0 Å². The molecule has 2 aromatic heterocycles. The summed E-state index contributed by atoms with van der Waals surface area (Å²) in [5, 5.41) is 0. The number of esters is 2. The third-order valence-corrected chi connectivity index (χ3v) is 11.0. The van der Waals surface area contributed by atoms with E-state index in [9.17, 15) is 9.59 Å². The van der Waals surface area contributed by atoms with Gasteiger partial charge in [0, 0.05) is 32.0 Å². The molecule has 14 heteroatoms. The van der Waals surface area contributed by atoms with E-state index >= 15 is 26.3 Å². The molecule has 1 aliphatic carbocycles. The summed E-state index contributed by atoms with van der Waals surface area (Å²) in [4.78, 5) is 25.8. The number of carbonyl (C=O) groups is 2. The number of thiophene rings is 2. The van der Waals surface area contributed by atoms with Crippen LogP contribution in [0.5, 0.6) is 0 Å². The molecule has 39 heavy (non-hydrogen) atoms. The average Bonchev–Trinajstić information content (AvgIpc) is 3.46. The van der Waals surface area contributed by atoms with Gasteiger partial charge >= 0.3 is 29.7 Å². The van der Waals surface area contributed by atoms with Gasteiger partial charge < -0.3 is 9.47 Å². The summed E-state index contributed by atoms with van der Waals surface area (Å²) in [5.74, 6) is -18.1. The molecule has 0 bridgehead atoms. The summed E-state index contributed by atoms with van der Waals surface area (Å²) in [6, 6.07) is 0. The van der Waals surface area contributed by atoms with E-state index in [0.717, 1.165) is 60.4 Å². The Morgan fingerprint density at radius 2 is 1.03 bits per heavy atom. The van der Waals surface area contributed by atoms with Crippen molar-refractivity contribution in [2.24, 2.45) is 0 Å². The lowest BCUT2D eigenvalue weighted by Crippen LogP contribution is -2.49. The van der Waals surface area contributed by atoms with E-state index in [1.807, 2.05) is 0 Å². The standard InChI is InChI=1S/C25H26F6O4S4/c1-7-11-13(15(19(32)34-5)21(38-11)36-9-3)17-18(24(28,29)25(30,31)23(17,26)27)14-12(8-2)39-22(37-10-4)16(14)20(33)35-6/h7-10H2,1-6H3. The fourth-order valence-corrected chi connectivity index (χ4v) is 9.26. The van der Waals surface area contributed by atoms with Gasteiger partial charge in [0.15, 0.2) is 0 Å². The Morgan fingerprint density at radius 3 is 1.28 bits per heavy atom. The van der Waals surface area contributed by atoms with Gasteiger partial charge in [-0.15, -0.1) is 46.2 Å². The third-order valence-electron chi connectivity index (χ3n) is 6.04. The SMILES string of the molecule is CCSc1sc(CC)c(C2=C(c3c(CC)sc(SCC)c3C(=O)OC)C(F)(F)C(F)(F)C2(F)F)c1C(=O)OC. The lowest BCUT2D eigenvalue weighted by Gasteiger charge is -2.26. The van der Waals surface area contributed by atoms with Crippen LogP contribution in [-0.2, 0) is 22.3 Å². The van der Waals surface area contributed by atoms with Gasteiger partial charge in [-0.3, -0.25) is 0 Å². The van der Waals surface area contributed by atoms with E-state index in [2.05, 4.69) is 0 Å². The topological polar surface area (TPSA) is 52.6 Å². The first-order valence-corrected chi connectivity index (χ1v) is 15.5. The Kier molecular flexibility index (Phi) is 9.56. The quantitative estimate of drug-likeness (QED) is 0.149. The molecule has 0 N–H and O–H groups in total. The fourth-order valence-electron chi connectivity index (χ4n) is 4.37. The van der Waals surface area contributed by atoms with Gasteiger partial charge in [0.2, 0.25) is 0 Å². The van der Waals surface area contributed by atoms with E-state index < -0.39 is 63.1 Å². The number of methoxy groups -OCH3 is 2. The van der Waals surface area contributed by atoms with E-state index in [-0.39, 0.29) is 31.0 Å². The molecule has 0 saturated heterocycles. The Bertz CT molecular complexity index is 1220. The van der Waals surface area contributed by atoms with Crippen molar-refractivity contribution in [2.75, 3.05) is 25.7 Å². The Labute approximate surface area is 238 Å². The molecular formula is C25H26F6O4S4. The number of halogens is 6. The molecule has 0 aliphatic heterocycles. The van der Waals surface area contributed by atoms with Gasteiger partial charge in [-0.2, -0.15) is 26.3 Å². The van der Waals surface area contributed by atoms with Crippen LogP contribution in [0.4, 0.5) is 26.3 Å². The molecule has 0 aromatic carbocycles. The smallest absolute Gasteiger partial charge is 0.380 e. The predicted octanol–water partition coefficient (Wildman–Crippen LogP) is 8.56. The van der Waals surface area contributed by atoms with Crippen molar-refractivity contribution in [1.29, 1.82) is 0 Å². The molecule has 0 fully saturated rings. The van der Waals surface area contributed by atoms with Crippen molar-refractivity contribution in [2.45, 2.75) is 66.7 Å². The summed E-state index contributed by atoms with van der Waals surface area (Å²) < 4.78 is 104. The molecule has 0 saturated carbocycles. The highest BCUT2D eigenvalue weighted by atomic mass is 32.2. The number of allylic oxidation sites excluding steroid dienone is 2. The number of thioether (sulfide) groups is 2. The first-order chi connectivity index (χ1) is 18.2. The van der Waals surface area contributed by atoms with Crippen LogP contribution in [0.15, 0.2) is 8.42 Å². The molecule has 2 aromatic rings. The van der Waals surface area contributed by atoms with Crippen LogP contribution >= 0.6 is 46.2 Å². The largest absolute Gasteiger partial charge is 0.465 e. The van der Waals surface area contributed by atoms with E-state index in [1.165, 1.54) is 0 Å². The maximum Gasteiger partial charge on any atom is 0.380 e. The maximum atomic E-state index is 15.8. The molecule has 2 heterocycles. The Balaban J connectivity index is 2.68. The van der Waals surface area contributed by atoms with Crippen molar-refractivity contribution in [3.8, 4) is 0 Å². The second-order valence-corrected chi connectivity index (χ2v) is 13.4. The van der Waals surface area contributed by atoms with Crippen molar-refractivity contribution in [3.63, 3.8) is 0 Å². The minimum Gasteiger partial charge on any atom is -0.465 e. The first kappa shape index (κ1) is 31.9. The van der Waals surface area contributed by atoms with Gasteiger partial charge in [-0.05, 0) is 24.3 Å². The van der Waals surface area contributed by atoms with Crippen LogP contribution < -0.4 is 0 Å². The molecule has 0 amide bonds. The molecule has 0 atom stereocenters. The van der Waals surface area contributed by atoms with Crippen LogP contribution in [0.3, 0.4) is 0 Å². The van der Waals surface area contributed by atoms with Crippen LogP contribution in [0.25, 0.3) is 11.1 Å². The minimum absolute atomic E-state index is 0.0106. The lowest BCUT2D eigenvalue weighted by molar-refractivity contribution is -0.254. The Hall–Kier alpha value is -1.64. The normalized spacial score (nSPS) is 17.5. The fraction of sp³-hybridized carbons (Fsp3) is 0.520. The van der Waals surface area contributed by atoms with Gasteiger partial charge in [0.05, 0.1) is 33.8 Å². The number of rotatable bonds is 10. The molecule has 1 aliphatic rings. The van der Waals surface area contributed by atoms with E-state index in [4.69, 9.17) is 9.47 Å². The molecule has 0 unspecified atom stereocenters. The van der Waals surface area contributed by atoms with Gasteiger partial charge in [0.25, 0.3) is 0 Å². The highest BCUT2D eigenvalue weighted by molar-refractivity contribution is 8.01. The predicted molar refractivity (Wildman–Crippen MR) is 145 cm³/mol. The van der Waals surface area contributed by atoms with Crippen LogP contribution in [0, 0.1) is 0 Å². The molecular weight excluding hydrogens is 607 g/mol. The average molecular weight is 633 g/mol. The summed E-state index contributed by atoms with van der Waals surface area (Å²) in [7, 11) is 1.97. The van der Waals surface area contributed by atoms with Crippen molar-refractivity contribution >= 4 is 69.3 Å². The lowest BCUT2D eigenvalue weighted by atomic mass is 9.90. The maximum absolute atomic E-state index is 15.8. The van der Waals surface area contributed by atoms with Crippen LogP contribution in [0.1, 0.15) is 69.3 Å². The summed E-state index contributed by atoms with van der Waals surface area (Å²) >= 11 is 3.94. The highest BCUT2D eigenvalue weighted by Gasteiger charge is 2.81. The molecule has 3 rings (SSSR count). The van der Waals surface area contributed by atoms with Gasteiger partial charge in [0.1, 0.15) is 0 Å². The summed E-state index contributed by atoms with van der Waals surface area (Å²) in [5.41, 5.74) is -5.67. The van der Waals surface area contributed by atoms with Crippen molar-refractivity contribution in [3.05, 3.63) is 32.0 Å². The van der Waals surface area contributed by atoms with Crippen molar-refractivity contribution in [1.82, 2.24) is 0 Å². The third kappa shape index (κ3) is 4.82. The zero-order valence-electron chi connectivity index (χ0n) is 21.9. The number of aryl methyl sites for hydroxylation is 2. The monoisotopic (exact) mass is 632 g/mol. The van der Waals surface area contributed by atoms with Gasteiger partial charge in [-0.1, -0.05) is 27.7 Å². The molecule has 216 valence electrons. The van der Waals surface area contributed by atoms with Crippen LogP contribution in [-0.4, -0.2) is 55.4 Å². The van der Waals surface area contributed by atoms with E-state index in [1.54, 1.807) is 27.7 Å². The molecule has 0 spiro atoms. The minimum atomic E-state index is -5.86. The summed E-state index contributed by atoms with van der Waals surface area (Å²) in [6.45, 7) is 6.53. The first-order valence-electron chi connectivity index (χ1n) is 11.9.